The lowest BCUT2D eigenvalue weighted by molar-refractivity contribution is -0.122. The molecule has 21 heavy (non-hydrogen) atoms. The van der Waals surface area contributed by atoms with Crippen molar-refractivity contribution in [3.63, 3.8) is 0 Å². The van der Waals surface area contributed by atoms with E-state index in [1.54, 1.807) is 0 Å². The maximum atomic E-state index is 11.4. The van der Waals surface area contributed by atoms with Crippen molar-refractivity contribution in [1.82, 2.24) is 4.98 Å². The Morgan fingerprint density at radius 1 is 1.38 bits per heavy atom. The molecule has 1 fully saturated rings. The number of nitrogens with two attached hydrogens (primary N) is 1. The van der Waals surface area contributed by atoms with Crippen molar-refractivity contribution in [2.45, 2.75) is 12.8 Å². The second-order valence-electron chi connectivity index (χ2n) is 5.40. The van der Waals surface area contributed by atoms with E-state index in [0.29, 0.717) is 17.9 Å². The smallest absolute Gasteiger partial charge is 0.222 e. The molecule has 0 bridgehead atoms. The summed E-state index contributed by atoms with van der Waals surface area (Å²) in [4.78, 5) is 29.4. The molecular weight excluding hydrogens is 266 g/mol. The van der Waals surface area contributed by atoms with Gasteiger partial charge < -0.3 is 10.6 Å². The molecule has 0 spiro atoms. The first kappa shape index (κ1) is 13.5. The van der Waals surface area contributed by atoms with Gasteiger partial charge in [0, 0.05) is 18.5 Å². The van der Waals surface area contributed by atoms with Crippen molar-refractivity contribution in [2.24, 2.45) is 11.7 Å². The standard InChI is InChI=1S/C16H17N3O2/c17-15(21)12-5-3-7-19(9-12)16-13(10-20)8-11-4-1-2-6-14(11)18-16/h1-2,4,6,8,10,12H,3,5,7,9H2,(H2,17,21). The number of para-hydroxylation sites is 1. The average Bonchev–Trinajstić information content (AvgIpc) is 2.53. The van der Waals surface area contributed by atoms with E-state index in [1.165, 1.54) is 0 Å². The molecule has 108 valence electrons. The Kier molecular flexibility index (Phi) is 3.56. The predicted octanol–water partition coefficient (Wildman–Crippen LogP) is 1.75. The minimum Gasteiger partial charge on any atom is -0.369 e. The summed E-state index contributed by atoms with van der Waals surface area (Å²) in [7, 11) is 0. The zero-order valence-corrected chi connectivity index (χ0v) is 11.7. The van der Waals surface area contributed by atoms with Crippen LogP contribution in [0, 0.1) is 5.92 Å². The van der Waals surface area contributed by atoms with E-state index in [1.807, 2.05) is 35.2 Å². The topological polar surface area (TPSA) is 76.3 Å². The third-order valence-electron chi connectivity index (χ3n) is 3.98. The molecule has 2 heterocycles. The quantitative estimate of drug-likeness (QED) is 0.871. The highest BCUT2D eigenvalue weighted by atomic mass is 16.1. The molecule has 5 nitrogen and oxygen atoms in total. The van der Waals surface area contributed by atoms with Gasteiger partial charge in [0.15, 0.2) is 6.29 Å². The molecule has 1 aromatic carbocycles. The van der Waals surface area contributed by atoms with Gasteiger partial charge in [-0.25, -0.2) is 4.98 Å². The summed E-state index contributed by atoms with van der Waals surface area (Å²) in [6.45, 7) is 1.32. The summed E-state index contributed by atoms with van der Waals surface area (Å²) in [6.07, 6.45) is 2.50. The van der Waals surface area contributed by atoms with Crippen LogP contribution in [0.5, 0.6) is 0 Å². The van der Waals surface area contributed by atoms with Crippen molar-refractivity contribution in [2.75, 3.05) is 18.0 Å². The maximum Gasteiger partial charge on any atom is 0.222 e. The number of fused-ring (bicyclic) bond motifs is 1. The lowest BCUT2D eigenvalue weighted by atomic mass is 9.97. The minimum absolute atomic E-state index is 0.175. The fourth-order valence-corrected chi connectivity index (χ4v) is 2.86. The lowest BCUT2D eigenvalue weighted by Gasteiger charge is -2.32. The fraction of sp³-hybridized carbons (Fsp3) is 0.312. The number of aromatic nitrogens is 1. The summed E-state index contributed by atoms with van der Waals surface area (Å²) in [5.41, 5.74) is 6.81. The molecule has 3 rings (SSSR count). The van der Waals surface area contributed by atoms with Crippen molar-refractivity contribution in [1.29, 1.82) is 0 Å². The third-order valence-corrected chi connectivity index (χ3v) is 3.98. The van der Waals surface area contributed by atoms with Gasteiger partial charge in [-0.1, -0.05) is 18.2 Å². The van der Waals surface area contributed by atoms with Crippen molar-refractivity contribution < 1.29 is 9.59 Å². The van der Waals surface area contributed by atoms with E-state index in [9.17, 15) is 9.59 Å². The number of primary amides is 1. The summed E-state index contributed by atoms with van der Waals surface area (Å²) < 4.78 is 0. The lowest BCUT2D eigenvalue weighted by Crippen LogP contribution is -2.41. The Bertz CT molecular complexity index is 699. The highest BCUT2D eigenvalue weighted by molar-refractivity contribution is 5.92. The molecule has 0 aliphatic carbocycles. The summed E-state index contributed by atoms with van der Waals surface area (Å²) in [5, 5.41) is 0.937. The molecule has 1 amide bonds. The summed E-state index contributed by atoms with van der Waals surface area (Å²) in [5.74, 6) is 0.189. The van der Waals surface area contributed by atoms with Crippen molar-refractivity contribution in [3.8, 4) is 0 Å². The number of carbonyl (C=O) groups is 2. The van der Waals surface area contributed by atoms with Gasteiger partial charge >= 0.3 is 0 Å². The van der Waals surface area contributed by atoms with E-state index in [2.05, 4.69) is 4.98 Å². The zero-order valence-electron chi connectivity index (χ0n) is 11.7. The Morgan fingerprint density at radius 2 is 2.19 bits per heavy atom. The van der Waals surface area contributed by atoms with Gasteiger partial charge in [0.05, 0.1) is 17.0 Å². The number of anilines is 1. The number of carbonyl (C=O) groups excluding carboxylic acids is 2. The predicted molar refractivity (Wildman–Crippen MR) is 81.3 cm³/mol. The van der Waals surface area contributed by atoms with Crippen LogP contribution in [0.2, 0.25) is 0 Å². The largest absolute Gasteiger partial charge is 0.369 e. The number of hydrogen-bond acceptors (Lipinski definition) is 4. The minimum atomic E-state index is -0.284. The first-order valence-electron chi connectivity index (χ1n) is 7.08. The second-order valence-corrected chi connectivity index (χ2v) is 5.40. The van der Waals surface area contributed by atoms with Crippen LogP contribution in [0.25, 0.3) is 10.9 Å². The van der Waals surface area contributed by atoms with Gasteiger partial charge in [0.1, 0.15) is 5.82 Å². The molecule has 1 unspecified atom stereocenters. The second kappa shape index (κ2) is 5.52. The number of pyridine rings is 1. The zero-order chi connectivity index (χ0) is 14.8. The van der Waals surface area contributed by atoms with Gasteiger partial charge in [-0.2, -0.15) is 0 Å². The van der Waals surface area contributed by atoms with Gasteiger partial charge in [0.25, 0.3) is 0 Å². The Labute approximate surface area is 122 Å². The molecule has 1 aliphatic heterocycles. The van der Waals surface area contributed by atoms with Gasteiger partial charge in [-0.3, -0.25) is 9.59 Å². The number of hydrogen-bond donors (Lipinski definition) is 1. The number of piperidine rings is 1. The molecule has 1 saturated heterocycles. The van der Waals surface area contributed by atoms with E-state index in [-0.39, 0.29) is 11.8 Å². The van der Waals surface area contributed by atoms with Gasteiger partial charge in [-0.05, 0) is 25.0 Å². The molecular formula is C16H17N3O2. The van der Waals surface area contributed by atoms with Crippen molar-refractivity contribution in [3.05, 3.63) is 35.9 Å². The molecule has 1 atom stereocenters. The molecule has 1 aromatic heterocycles. The third kappa shape index (κ3) is 2.59. The number of aldehydes is 1. The van der Waals surface area contributed by atoms with E-state index in [4.69, 9.17) is 5.73 Å². The summed E-state index contributed by atoms with van der Waals surface area (Å²) >= 11 is 0. The Morgan fingerprint density at radius 3 is 2.95 bits per heavy atom. The van der Waals surface area contributed by atoms with E-state index >= 15 is 0 Å². The fourth-order valence-electron chi connectivity index (χ4n) is 2.86. The first-order valence-corrected chi connectivity index (χ1v) is 7.08. The normalized spacial score (nSPS) is 18.7. The van der Waals surface area contributed by atoms with E-state index < -0.39 is 0 Å². The van der Waals surface area contributed by atoms with Crippen LogP contribution in [-0.2, 0) is 4.79 Å². The molecule has 0 saturated carbocycles. The number of benzene rings is 1. The molecule has 5 heteroatoms. The SMILES string of the molecule is NC(=O)C1CCCN(c2nc3ccccc3cc2C=O)C1. The molecule has 2 aromatic rings. The monoisotopic (exact) mass is 283 g/mol. The Balaban J connectivity index is 2.02. The van der Waals surface area contributed by atoms with Gasteiger partial charge in [0.2, 0.25) is 5.91 Å². The highest BCUT2D eigenvalue weighted by Gasteiger charge is 2.26. The van der Waals surface area contributed by atoms with Crippen LogP contribution in [0.15, 0.2) is 30.3 Å². The summed E-state index contributed by atoms with van der Waals surface area (Å²) in [6, 6.07) is 9.54. The number of rotatable bonds is 3. The van der Waals surface area contributed by atoms with E-state index in [0.717, 1.165) is 36.6 Å². The van der Waals surface area contributed by atoms with Crippen LogP contribution < -0.4 is 10.6 Å². The van der Waals surface area contributed by atoms with Crippen LogP contribution in [0.1, 0.15) is 23.2 Å². The molecule has 2 N–H and O–H groups in total. The molecule has 1 aliphatic rings. The maximum absolute atomic E-state index is 11.4. The van der Waals surface area contributed by atoms with Crippen molar-refractivity contribution >= 4 is 28.9 Å². The number of amides is 1. The average molecular weight is 283 g/mol. The van der Waals surface area contributed by atoms with Crippen LogP contribution >= 0.6 is 0 Å². The highest BCUT2D eigenvalue weighted by Crippen LogP contribution is 2.26. The van der Waals surface area contributed by atoms with Gasteiger partial charge in [-0.15, -0.1) is 0 Å². The first-order chi connectivity index (χ1) is 10.2. The van der Waals surface area contributed by atoms with Crippen LogP contribution in [0.3, 0.4) is 0 Å². The number of nitrogens with zero attached hydrogens (tertiary/aromatic N) is 2. The molecule has 0 radical (unpaired) electrons. The van der Waals surface area contributed by atoms with Crippen LogP contribution in [-0.4, -0.2) is 30.3 Å². The van der Waals surface area contributed by atoms with Crippen LogP contribution in [0.4, 0.5) is 5.82 Å². The Hall–Kier alpha value is -2.43.